The van der Waals surface area contributed by atoms with Crippen LogP contribution in [0.3, 0.4) is 0 Å². The van der Waals surface area contributed by atoms with Crippen molar-refractivity contribution in [3.05, 3.63) is 35.5 Å². The number of alkyl halides is 3. The van der Waals surface area contributed by atoms with Crippen molar-refractivity contribution in [1.29, 1.82) is 0 Å². The number of halogens is 3. The molecular weight excluding hydrogens is 283 g/mol. The lowest BCUT2D eigenvalue weighted by Gasteiger charge is -2.06. The molecule has 0 bridgehead atoms. The normalized spacial score (nSPS) is 12.6. The molecule has 5 nitrogen and oxygen atoms in total. The van der Waals surface area contributed by atoms with Crippen molar-refractivity contribution in [3.63, 3.8) is 0 Å². The third-order valence-electron chi connectivity index (χ3n) is 2.37. The molecule has 1 aromatic carbocycles. The van der Waals surface area contributed by atoms with Crippen molar-refractivity contribution in [3.8, 4) is 0 Å². The maximum Gasteiger partial charge on any atom is 0.438 e. The van der Waals surface area contributed by atoms with Crippen LogP contribution in [0.2, 0.25) is 0 Å². The van der Waals surface area contributed by atoms with E-state index in [1.807, 2.05) is 0 Å². The van der Waals surface area contributed by atoms with Gasteiger partial charge >= 0.3 is 6.18 Å². The van der Waals surface area contributed by atoms with Crippen molar-refractivity contribution in [2.75, 3.05) is 0 Å². The summed E-state index contributed by atoms with van der Waals surface area (Å²) in [7, 11) is -4.35. The third kappa shape index (κ3) is 2.46. The summed E-state index contributed by atoms with van der Waals surface area (Å²) in [6.07, 6.45) is -4.89. The quantitative estimate of drug-likeness (QED) is 0.917. The van der Waals surface area contributed by atoms with Crippen LogP contribution in [0.4, 0.5) is 13.2 Å². The number of sulfone groups is 1. The molecule has 0 aliphatic carbocycles. The molecule has 0 amide bonds. The summed E-state index contributed by atoms with van der Waals surface area (Å²) >= 11 is 0. The zero-order valence-corrected chi connectivity index (χ0v) is 10.4. The first kappa shape index (κ1) is 13.5. The highest BCUT2D eigenvalue weighted by Gasteiger charge is 2.42. The predicted molar refractivity (Wildman–Crippen MR) is 58.0 cm³/mol. The van der Waals surface area contributed by atoms with E-state index in [4.69, 9.17) is 0 Å². The monoisotopic (exact) mass is 291 g/mol. The van der Waals surface area contributed by atoms with Gasteiger partial charge in [0, 0.05) is 0 Å². The Bertz CT molecular complexity index is 690. The highest BCUT2D eigenvalue weighted by atomic mass is 32.2. The van der Waals surface area contributed by atoms with Crippen molar-refractivity contribution < 1.29 is 21.6 Å². The van der Waals surface area contributed by atoms with E-state index in [1.165, 1.54) is 24.3 Å². The van der Waals surface area contributed by atoms with Gasteiger partial charge in [-0.1, -0.05) is 17.7 Å². The van der Waals surface area contributed by atoms with Gasteiger partial charge in [0.05, 0.1) is 4.90 Å². The van der Waals surface area contributed by atoms with Crippen LogP contribution in [-0.4, -0.2) is 23.8 Å². The molecule has 1 aromatic heterocycles. The Morgan fingerprint density at radius 2 is 1.68 bits per heavy atom. The number of nitrogens with zero attached hydrogens (tertiary/aromatic N) is 2. The van der Waals surface area contributed by atoms with Crippen LogP contribution < -0.4 is 0 Å². The van der Waals surface area contributed by atoms with E-state index in [0.29, 0.717) is 0 Å². The van der Waals surface area contributed by atoms with Gasteiger partial charge in [-0.2, -0.15) is 23.5 Å². The van der Waals surface area contributed by atoms with Gasteiger partial charge in [-0.3, -0.25) is 0 Å². The molecule has 0 radical (unpaired) electrons. The first-order valence-electron chi connectivity index (χ1n) is 5.02. The Balaban J connectivity index is 2.58. The molecule has 0 fully saturated rings. The minimum atomic E-state index is -4.89. The molecule has 2 aromatic rings. The van der Waals surface area contributed by atoms with Gasteiger partial charge in [0.15, 0.2) is 0 Å². The first-order valence-corrected chi connectivity index (χ1v) is 6.51. The molecule has 0 atom stereocenters. The topological polar surface area (TPSA) is 75.7 Å². The summed E-state index contributed by atoms with van der Waals surface area (Å²) in [4.78, 5) is -0.266. The first-order chi connectivity index (χ1) is 8.73. The molecule has 1 N–H and O–H groups in total. The molecule has 1 heterocycles. The van der Waals surface area contributed by atoms with E-state index in [9.17, 15) is 21.6 Å². The summed E-state index contributed by atoms with van der Waals surface area (Å²) in [5.41, 5.74) is -0.761. The van der Waals surface area contributed by atoms with E-state index in [1.54, 1.807) is 12.1 Å². The van der Waals surface area contributed by atoms with Crippen molar-refractivity contribution in [2.24, 2.45) is 0 Å². The average Bonchev–Trinajstić information content (AvgIpc) is 2.78. The number of H-pyrrole nitrogens is 1. The van der Waals surface area contributed by atoms with E-state index in [2.05, 4.69) is 10.2 Å². The summed E-state index contributed by atoms with van der Waals surface area (Å²) in [5.74, 6) is 0. The Morgan fingerprint density at radius 1 is 1.11 bits per heavy atom. The van der Waals surface area contributed by atoms with Crippen LogP contribution in [0.1, 0.15) is 11.3 Å². The second-order valence-electron chi connectivity index (χ2n) is 3.79. The average molecular weight is 291 g/mol. The summed E-state index contributed by atoms with van der Waals surface area (Å²) in [6.45, 7) is 1.73. The molecule has 2 rings (SSSR count). The van der Waals surface area contributed by atoms with Crippen molar-refractivity contribution in [1.82, 2.24) is 15.4 Å². The van der Waals surface area contributed by atoms with Crippen LogP contribution in [0.5, 0.6) is 0 Å². The van der Waals surface area contributed by atoms with Crippen LogP contribution in [0, 0.1) is 6.92 Å². The number of benzene rings is 1. The van der Waals surface area contributed by atoms with E-state index >= 15 is 0 Å². The third-order valence-corrected chi connectivity index (χ3v) is 4.06. The molecule has 0 unspecified atom stereocenters. The highest BCUT2D eigenvalue weighted by Crippen LogP contribution is 2.33. The van der Waals surface area contributed by atoms with Gasteiger partial charge < -0.3 is 0 Å². The van der Waals surface area contributed by atoms with E-state index < -0.39 is 26.7 Å². The minimum absolute atomic E-state index is 0.266. The number of aryl methyl sites for hydroxylation is 1. The highest BCUT2D eigenvalue weighted by molar-refractivity contribution is 7.91. The lowest BCUT2D eigenvalue weighted by Crippen LogP contribution is -2.13. The molecule has 9 heteroatoms. The van der Waals surface area contributed by atoms with E-state index in [-0.39, 0.29) is 4.90 Å². The van der Waals surface area contributed by atoms with Crippen molar-refractivity contribution in [2.45, 2.75) is 23.0 Å². The van der Waals surface area contributed by atoms with Gasteiger partial charge in [0.2, 0.25) is 20.6 Å². The molecule has 102 valence electrons. The van der Waals surface area contributed by atoms with Crippen LogP contribution in [0.15, 0.2) is 34.2 Å². The van der Waals surface area contributed by atoms with Gasteiger partial charge in [0.1, 0.15) is 0 Å². The molecule has 19 heavy (non-hydrogen) atoms. The summed E-state index contributed by atoms with van der Waals surface area (Å²) in [6, 6.07) is 5.42. The molecular formula is C10H8F3N3O2S. The number of hydrogen-bond acceptors (Lipinski definition) is 4. The number of aromatic nitrogens is 3. The lowest BCUT2D eigenvalue weighted by atomic mass is 10.2. The Hall–Kier alpha value is -1.90. The lowest BCUT2D eigenvalue weighted by molar-refractivity contribution is -0.143. The molecule has 0 saturated carbocycles. The van der Waals surface area contributed by atoms with Crippen LogP contribution in [0.25, 0.3) is 0 Å². The predicted octanol–water partition coefficient (Wildman–Crippen LogP) is 1.96. The fraction of sp³-hybridized carbons (Fsp3) is 0.200. The molecule has 0 aliphatic rings. The number of rotatable bonds is 2. The number of aromatic amines is 1. The van der Waals surface area contributed by atoms with Gasteiger partial charge in [-0.25, -0.2) is 8.42 Å². The summed E-state index contributed by atoms with van der Waals surface area (Å²) < 4.78 is 61.9. The Labute approximate surface area is 106 Å². The fourth-order valence-corrected chi connectivity index (χ4v) is 2.72. The smallest absolute Gasteiger partial charge is 0.217 e. The standard InChI is InChI=1S/C10H8F3N3O2S/c1-6-2-4-7(5-3-6)19(17,18)9-8(10(11,12)13)14-16-15-9/h2-5H,1H3,(H,14,15,16). The number of nitrogens with one attached hydrogen (secondary N) is 1. The maximum atomic E-state index is 12.6. The molecule has 0 saturated heterocycles. The molecule has 0 spiro atoms. The van der Waals surface area contributed by atoms with Crippen LogP contribution >= 0.6 is 0 Å². The zero-order valence-electron chi connectivity index (χ0n) is 9.56. The van der Waals surface area contributed by atoms with Crippen LogP contribution in [-0.2, 0) is 16.0 Å². The number of hydrogen-bond donors (Lipinski definition) is 1. The van der Waals surface area contributed by atoms with Gasteiger partial charge in [-0.15, -0.1) is 5.10 Å². The Morgan fingerprint density at radius 3 is 2.21 bits per heavy atom. The minimum Gasteiger partial charge on any atom is -0.217 e. The Kier molecular flexibility index (Phi) is 3.09. The van der Waals surface area contributed by atoms with Gasteiger partial charge in [0.25, 0.3) is 0 Å². The second kappa shape index (κ2) is 4.34. The van der Waals surface area contributed by atoms with E-state index in [0.717, 1.165) is 5.56 Å². The zero-order chi connectivity index (χ0) is 14.3. The van der Waals surface area contributed by atoms with Crippen molar-refractivity contribution >= 4 is 9.84 Å². The second-order valence-corrected chi connectivity index (χ2v) is 5.66. The SMILES string of the molecule is Cc1ccc(S(=O)(=O)c2n[nH]nc2C(F)(F)F)cc1. The van der Waals surface area contributed by atoms with Gasteiger partial charge in [-0.05, 0) is 19.1 Å². The summed E-state index contributed by atoms with van der Waals surface area (Å²) in [5, 5.41) is 6.54. The molecule has 0 aliphatic heterocycles. The maximum absolute atomic E-state index is 12.6. The largest absolute Gasteiger partial charge is 0.438 e. The fourth-order valence-electron chi connectivity index (χ4n) is 1.42.